The molecule has 0 aliphatic carbocycles. The van der Waals surface area contributed by atoms with Crippen molar-refractivity contribution in [1.82, 2.24) is 4.31 Å². The molecule has 0 amide bonds. The maximum Gasteiger partial charge on any atom is 0.309 e. The van der Waals surface area contributed by atoms with Gasteiger partial charge in [-0.2, -0.15) is 0 Å². The molecule has 1 aliphatic heterocycles. The van der Waals surface area contributed by atoms with Gasteiger partial charge >= 0.3 is 5.97 Å². The topological polar surface area (TPSA) is 107 Å². The zero-order valence-electron chi connectivity index (χ0n) is 12.7. The quantitative estimate of drug-likeness (QED) is 0.454. The number of carbonyl (C=O) groups excluding carboxylic acids is 1. The lowest BCUT2D eigenvalue weighted by Crippen LogP contribution is -2.40. The number of sulfonamides is 1. The van der Waals surface area contributed by atoms with Crippen LogP contribution in [0.25, 0.3) is 0 Å². The SMILES string of the molecule is CS(=O)(=O)N1CCC(C(=O)OCc2ccc([N+](=O)[O-])cc2)CC1. The van der Waals surface area contributed by atoms with Crippen molar-refractivity contribution < 1.29 is 22.9 Å². The molecule has 2 rings (SSSR count). The molecule has 1 fully saturated rings. The highest BCUT2D eigenvalue weighted by Gasteiger charge is 2.29. The lowest BCUT2D eigenvalue weighted by atomic mass is 9.98. The van der Waals surface area contributed by atoms with Crippen LogP contribution in [-0.2, 0) is 26.2 Å². The summed E-state index contributed by atoms with van der Waals surface area (Å²) in [4.78, 5) is 22.1. The molecule has 0 aromatic heterocycles. The predicted octanol–water partition coefficient (Wildman–Crippen LogP) is 1.31. The van der Waals surface area contributed by atoms with E-state index in [0.29, 0.717) is 31.5 Å². The van der Waals surface area contributed by atoms with Crippen molar-refractivity contribution in [3.8, 4) is 0 Å². The largest absolute Gasteiger partial charge is 0.461 e. The van der Waals surface area contributed by atoms with Gasteiger partial charge in [0.15, 0.2) is 0 Å². The Hall–Kier alpha value is -2.00. The predicted molar refractivity (Wildman–Crippen MR) is 82.0 cm³/mol. The van der Waals surface area contributed by atoms with E-state index < -0.39 is 14.9 Å². The molecule has 126 valence electrons. The van der Waals surface area contributed by atoms with Crippen LogP contribution in [0.4, 0.5) is 5.69 Å². The summed E-state index contributed by atoms with van der Waals surface area (Å²) in [5, 5.41) is 10.6. The molecule has 23 heavy (non-hydrogen) atoms. The Morgan fingerprint density at radius 2 is 1.87 bits per heavy atom. The molecule has 0 unspecified atom stereocenters. The van der Waals surface area contributed by atoms with Gasteiger partial charge in [0.1, 0.15) is 6.61 Å². The average Bonchev–Trinajstić information content (AvgIpc) is 2.52. The van der Waals surface area contributed by atoms with Crippen molar-refractivity contribution in [1.29, 1.82) is 0 Å². The van der Waals surface area contributed by atoms with Gasteiger partial charge < -0.3 is 4.74 Å². The number of nitro benzene ring substituents is 1. The van der Waals surface area contributed by atoms with Gasteiger partial charge in [-0.15, -0.1) is 0 Å². The number of rotatable bonds is 5. The number of piperidine rings is 1. The van der Waals surface area contributed by atoms with Gasteiger partial charge in [-0.05, 0) is 30.5 Å². The van der Waals surface area contributed by atoms with Gasteiger partial charge in [0.2, 0.25) is 10.0 Å². The molecule has 0 spiro atoms. The van der Waals surface area contributed by atoms with Crippen molar-refractivity contribution in [3.05, 3.63) is 39.9 Å². The molecule has 0 N–H and O–H groups in total. The van der Waals surface area contributed by atoms with Crippen LogP contribution in [0.2, 0.25) is 0 Å². The maximum absolute atomic E-state index is 12.0. The van der Waals surface area contributed by atoms with Crippen molar-refractivity contribution >= 4 is 21.7 Å². The molecular weight excluding hydrogens is 324 g/mol. The summed E-state index contributed by atoms with van der Waals surface area (Å²) in [7, 11) is -3.22. The second-order valence-electron chi connectivity index (χ2n) is 5.47. The monoisotopic (exact) mass is 342 g/mol. The number of hydrogen-bond acceptors (Lipinski definition) is 6. The Balaban J connectivity index is 1.83. The highest BCUT2D eigenvalue weighted by molar-refractivity contribution is 7.88. The molecule has 0 radical (unpaired) electrons. The van der Waals surface area contributed by atoms with Gasteiger partial charge in [-0.25, -0.2) is 12.7 Å². The van der Waals surface area contributed by atoms with E-state index in [1.165, 1.54) is 28.6 Å². The summed E-state index contributed by atoms with van der Waals surface area (Å²) in [6.45, 7) is 0.676. The fourth-order valence-corrected chi connectivity index (χ4v) is 3.28. The molecular formula is C14H18N2O6S. The maximum atomic E-state index is 12.0. The molecule has 1 saturated heterocycles. The summed E-state index contributed by atoms with van der Waals surface area (Å²) in [5.74, 6) is -0.678. The van der Waals surface area contributed by atoms with Crippen molar-refractivity contribution in [2.75, 3.05) is 19.3 Å². The number of benzene rings is 1. The van der Waals surface area contributed by atoms with Gasteiger partial charge in [0.25, 0.3) is 5.69 Å². The highest BCUT2D eigenvalue weighted by Crippen LogP contribution is 2.21. The first-order valence-electron chi connectivity index (χ1n) is 7.12. The van der Waals surface area contributed by atoms with Crippen molar-refractivity contribution in [2.45, 2.75) is 19.4 Å². The van der Waals surface area contributed by atoms with Crippen LogP contribution in [0.3, 0.4) is 0 Å². The van der Waals surface area contributed by atoms with Gasteiger partial charge in [-0.3, -0.25) is 14.9 Å². The van der Waals surface area contributed by atoms with E-state index in [-0.39, 0.29) is 24.2 Å². The molecule has 1 aromatic carbocycles. The standard InChI is InChI=1S/C14H18N2O6S/c1-23(20,21)15-8-6-12(7-9-15)14(17)22-10-11-2-4-13(5-3-11)16(18)19/h2-5,12H,6-10H2,1H3. The average molecular weight is 342 g/mol. The third-order valence-corrected chi connectivity index (χ3v) is 5.09. The normalized spacial score (nSPS) is 16.9. The molecule has 9 heteroatoms. The molecule has 1 aliphatic rings. The number of non-ortho nitro benzene ring substituents is 1. The molecule has 0 bridgehead atoms. The molecule has 1 heterocycles. The minimum atomic E-state index is -3.22. The van der Waals surface area contributed by atoms with E-state index >= 15 is 0 Å². The number of hydrogen-bond donors (Lipinski definition) is 0. The lowest BCUT2D eigenvalue weighted by molar-refractivity contribution is -0.384. The van der Waals surface area contributed by atoms with Crippen molar-refractivity contribution in [3.63, 3.8) is 0 Å². The molecule has 0 atom stereocenters. The zero-order valence-corrected chi connectivity index (χ0v) is 13.5. The fourth-order valence-electron chi connectivity index (χ4n) is 2.41. The second kappa shape index (κ2) is 7.05. The van der Waals surface area contributed by atoms with Gasteiger partial charge in [0, 0.05) is 25.2 Å². The van der Waals surface area contributed by atoms with Crippen LogP contribution in [0, 0.1) is 16.0 Å². The van der Waals surface area contributed by atoms with Crippen LogP contribution in [0.15, 0.2) is 24.3 Å². The molecule has 8 nitrogen and oxygen atoms in total. The van der Waals surface area contributed by atoms with E-state index in [0.717, 1.165) is 6.26 Å². The van der Waals surface area contributed by atoms with E-state index in [4.69, 9.17) is 4.74 Å². The van der Waals surface area contributed by atoms with E-state index in [1.807, 2.05) is 0 Å². The number of carbonyl (C=O) groups is 1. The zero-order chi connectivity index (χ0) is 17.0. The first-order chi connectivity index (χ1) is 10.8. The smallest absolute Gasteiger partial charge is 0.309 e. The van der Waals surface area contributed by atoms with Crippen LogP contribution < -0.4 is 0 Å². The Labute approximate surface area is 134 Å². The molecule has 0 saturated carbocycles. The molecule has 1 aromatic rings. The van der Waals surface area contributed by atoms with Gasteiger partial charge in [0.05, 0.1) is 17.1 Å². The first-order valence-corrected chi connectivity index (χ1v) is 8.97. The van der Waals surface area contributed by atoms with Crippen LogP contribution in [0.1, 0.15) is 18.4 Å². The fraction of sp³-hybridized carbons (Fsp3) is 0.500. The third kappa shape index (κ3) is 4.73. The van der Waals surface area contributed by atoms with E-state index in [1.54, 1.807) is 0 Å². The number of esters is 1. The third-order valence-electron chi connectivity index (χ3n) is 3.78. The first kappa shape index (κ1) is 17.4. The van der Waals surface area contributed by atoms with E-state index in [9.17, 15) is 23.3 Å². The number of nitro groups is 1. The van der Waals surface area contributed by atoms with Crippen LogP contribution in [0.5, 0.6) is 0 Å². The second-order valence-corrected chi connectivity index (χ2v) is 7.45. The minimum absolute atomic E-state index is 0.0202. The van der Waals surface area contributed by atoms with Crippen LogP contribution in [-0.4, -0.2) is 43.0 Å². The number of ether oxygens (including phenoxy) is 1. The summed E-state index contributed by atoms with van der Waals surface area (Å²) >= 11 is 0. The van der Waals surface area contributed by atoms with E-state index in [2.05, 4.69) is 0 Å². The van der Waals surface area contributed by atoms with Crippen LogP contribution >= 0.6 is 0 Å². The minimum Gasteiger partial charge on any atom is -0.461 e. The Morgan fingerprint density at radius 1 is 1.30 bits per heavy atom. The lowest BCUT2D eigenvalue weighted by Gasteiger charge is -2.28. The Morgan fingerprint density at radius 3 is 2.35 bits per heavy atom. The summed E-state index contributed by atoms with van der Waals surface area (Å²) in [6, 6.07) is 5.79. The highest BCUT2D eigenvalue weighted by atomic mass is 32.2. The Kier molecular flexibility index (Phi) is 5.32. The Bertz CT molecular complexity index is 678. The summed E-state index contributed by atoms with van der Waals surface area (Å²) < 4.78 is 29.4. The summed E-state index contributed by atoms with van der Waals surface area (Å²) in [5.41, 5.74) is 0.644. The summed E-state index contributed by atoms with van der Waals surface area (Å²) in [6.07, 6.45) is 2.03. The van der Waals surface area contributed by atoms with Crippen molar-refractivity contribution in [2.24, 2.45) is 5.92 Å². The number of nitrogens with zero attached hydrogens (tertiary/aromatic N) is 2. The van der Waals surface area contributed by atoms with Gasteiger partial charge in [-0.1, -0.05) is 0 Å².